The van der Waals surface area contributed by atoms with E-state index >= 15 is 0 Å². The number of aromatic nitrogens is 1. The molecule has 0 saturated heterocycles. The van der Waals surface area contributed by atoms with Crippen LogP contribution in [0.25, 0.3) is 5.57 Å². The first-order valence-corrected chi connectivity index (χ1v) is 14.4. The third-order valence-corrected chi connectivity index (χ3v) is 8.56. The zero-order valence-corrected chi connectivity index (χ0v) is 25.8. The number of benzene rings is 2. The van der Waals surface area contributed by atoms with Crippen LogP contribution in [-0.2, 0) is 14.3 Å². The molecule has 0 unspecified atom stereocenters. The average Bonchev–Trinajstić information content (AvgIpc) is 3.42. The van der Waals surface area contributed by atoms with Crippen LogP contribution in [0.4, 0.5) is 5.69 Å². The van der Waals surface area contributed by atoms with E-state index < -0.39 is 17.6 Å². The summed E-state index contributed by atoms with van der Waals surface area (Å²) in [6.45, 7) is 5.87. The van der Waals surface area contributed by atoms with Crippen LogP contribution < -0.4 is 34.0 Å². The molecule has 0 bridgehead atoms. The normalized spacial score (nSPS) is 17.2. The summed E-state index contributed by atoms with van der Waals surface area (Å²) in [5.74, 6) is 0.205. The minimum absolute atomic E-state index is 0.138. The number of methoxy groups -OCH3 is 3. The number of hydrogen-bond donors (Lipinski definition) is 0. The Morgan fingerprint density at radius 3 is 2.32 bits per heavy atom. The Labute approximate surface area is 248 Å². The predicted molar refractivity (Wildman–Crippen MR) is 158 cm³/mol. The summed E-state index contributed by atoms with van der Waals surface area (Å²) in [7, 11) is 4.47. The standard InChI is InChI=1S/C29H28BrN3O7S/c1-7-32-18-10-9-16(30)13-17(18)22(26(32)34)25-27(35)33-23(15-11-19(37-4)24(39-6)20(12-15)38-5)21(28(36)40-8-2)14(3)31-29(33)41-25/h9-13,23H,7-8H2,1-6H3/b25-22+/t23-/m0/s1. The number of hydrogen-bond acceptors (Lipinski definition) is 9. The molecule has 0 N–H and O–H groups in total. The molecule has 0 saturated carbocycles. The lowest BCUT2D eigenvalue weighted by atomic mass is 9.95. The van der Waals surface area contributed by atoms with Crippen molar-refractivity contribution >= 4 is 50.4 Å². The summed E-state index contributed by atoms with van der Waals surface area (Å²) in [5.41, 5.74) is 2.35. The highest BCUT2D eigenvalue weighted by Gasteiger charge is 2.37. The molecule has 0 aliphatic carbocycles. The van der Waals surface area contributed by atoms with Gasteiger partial charge < -0.3 is 23.8 Å². The first kappa shape index (κ1) is 28.6. The largest absolute Gasteiger partial charge is 0.493 e. The predicted octanol–water partition coefficient (Wildman–Crippen LogP) is 3.32. The van der Waals surface area contributed by atoms with Gasteiger partial charge in [0.1, 0.15) is 4.53 Å². The fraction of sp³-hybridized carbons (Fsp3) is 0.310. The van der Waals surface area contributed by atoms with Crippen LogP contribution in [0.3, 0.4) is 0 Å². The van der Waals surface area contributed by atoms with Crippen molar-refractivity contribution in [2.24, 2.45) is 4.99 Å². The third-order valence-electron chi connectivity index (χ3n) is 7.02. The lowest BCUT2D eigenvalue weighted by molar-refractivity contribution is -0.139. The minimum atomic E-state index is -0.936. The molecule has 1 aromatic heterocycles. The number of nitrogens with zero attached hydrogens (tertiary/aromatic N) is 3. The lowest BCUT2D eigenvalue weighted by Gasteiger charge is -2.26. The summed E-state index contributed by atoms with van der Waals surface area (Å²) in [4.78, 5) is 47.9. The van der Waals surface area contributed by atoms with Gasteiger partial charge in [-0.15, -0.1) is 0 Å². The topological polar surface area (TPSA) is 109 Å². The quantitative estimate of drug-likeness (QED) is 0.364. The maximum absolute atomic E-state index is 14.3. The van der Waals surface area contributed by atoms with Gasteiger partial charge >= 0.3 is 5.97 Å². The minimum Gasteiger partial charge on any atom is -0.493 e. The van der Waals surface area contributed by atoms with Crippen LogP contribution in [0.1, 0.15) is 37.9 Å². The Morgan fingerprint density at radius 1 is 1.05 bits per heavy atom. The van der Waals surface area contributed by atoms with Crippen LogP contribution in [0.5, 0.6) is 17.2 Å². The maximum Gasteiger partial charge on any atom is 0.338 e. The van der Waals surface area contributed by atoms with E-state index in [0.29, 0.717) is 51.0 Å². The molecule has 0 radical (unpaired) electrons. The van der Waals surface area contributed by atoms with Gasteiger partial charge in [-0.2, -0.15) is 0 Å². The van der Waals surface area contributed by atoms with Crippen LogP contribution in [-0.4, -0.2) is 50.9 Å². The van der Waals surface area contributed by atoms with E-state index in [1.54, 1.807) is 30.9 Å². The Bertz CT molecular complexity index is 1780. The van der Waals surface area contributed by atoms with Crippen molar-refractivity contribution in [2.45, 2.75) is 26.8 Å². The highest BCUT2D eigenvalue weighted by atomic mass is 79.9. The van der Waals surface area contributed by atoms with Gasteiger partial charge in [0.05, 0.1) is 56.5 Å². The number of carbonyl (C=O) groups is 2. The summed E-state index contributed by atoms with van der Waals surface area (Å²) in [6.07, 6.45) is 0. The SMILES string of the molecule is CCOC(=O)C1=C(C)N=c2s/c(=C3/C(=O)N(CC)c4ccc(Br)cc43)c(=O)n2[C@H]1c1cc(OC)c(OC)c(OC)c1. The molecule has 3 heterocycles. The zero-order valence-electron chi connectivity index (χ0n) is 23.4. The van der Waals surface area contributed by atoms with E-state index in [2.05, 4.69) is 20.9 Å². The molecule has 0 fully saturated rings. The van der Waals surface area contributed by atoms with E-state index in [0.717, 1.165) is 21.5 Å². The second-order valence-electron chi connectivity index (χ2n) is 9.17. The Morgan fingerprint density at radius 2 is 1.73 bits per heavy atom. The van der Waals surface area contributed by atoms with Crippen LogP contribution in [0.15, 0.2) is 55.9 Å². The van der Waals surface area contributed by atoms with E-state index in [4.69, 9.17) is 18.9 Å². The number of carbonyl (C=O) groups excluding carboxylic acids is 2. The molecule has 214 valence electrons. The van der Waals surface area contributed by atoms with Crippen molar-refractivity contribution in [1.29, 1.82) is 0 Å². The van der Waals surface area contributed by atoms with Gasteiger partial charge in [-0.3, -0.25) is 14.2 Å². The molecule has 1 atom stereocenters. The fourth-order valence-electron chi connectivity index (χ4n) is 5.25. The molecule has 0 spiro atoms. The maximum atomic E-state index is 14.3. The molecule has 2 aliphatic heterocycles. The highest BCUT2D eigenvalue weighted by molar-refractivity contribution is 9.10. The number of halogens is 1. The highest BCUT2D eigenvalue weighted by Crippen LogP contribution is 2.43. The number of rotatable bonds is 7. The van der Waals surface area contributed by atoms with Gasteiger partial charge in [0, 0.05) is 16.6 Å². The number of likely N-dealkylation sites (N-methyl/N-ethyl adjacent to an activating group) is 1. The molecule has 10 nitrogen and oxygen atoms in total. The van der Waals surface area contributed by atoms with Crippen LogP contribution >= 0.6 is 27.3 Å². The number of amides is 1. The monoisotopic (exact) mass is 641 g/mol. The second kappa shape index (κ2) is 11.2. The van der Waals surface area contributed by atoms with E-state index in [1.807, 2.05) is 25.1 Å². The summed E-state index contributed by atoms with van der Waals surface area (Å²) < 4.78 is 24.5. The first-order valence-electron chi connectivity index (χ1n) is 12.8. The van der Waals surface area contributed by atoms with Crippen LogP contribution in [0, 0.1) is 0 Å². The Kier molecular flexibility index (Phi) is 7.80. The van der Waals surface area contributed by atoms with E-state index in [9.17, 15) is 14.4 Å². The fourth-order valence-corrected chi connectivity index (χ4v) is 6.75. The smallest absolute Gasteiger partial charge is 0.338 e. The Balaban J connectivity index is 1.86. The van der Waals surface area contributed by atoms with Gasteiger partial charge in [-0.05, 0) is 56.7 Å². The number of esters is 1. The summed E-state index contributed by atoms with van der Waals surface area (Å²) in [6, 6.07) is 8.00. The summed E-state index contributed by atoms with van der Waals surface area (Å²) in [5, 5.41) is 0. The zero-order chi connectivity index (χ0) is 29.6. The molecule has 41 heavy (non-hydrogen) atoms. The average molecular weight is 643 g/mol. The molecule has 3 aromatic rings. The van der Waals surface area contributed by atoms with E-state index in [-0.39, 0.29) is 22.6 Å². The Hall–Kier alpha value is -3.90. The van der Waals surface area contributed by atoms with Gasteiger partial charge in [0.15, 0.2) is 16.3 Å². The summed E-state index contributed by atoms with van der Waals surface area (Å²) >= 11 is 4.61. The number of ether oxygens (including phenoxy) is 4. The van der Waals surface area contributed by atoms with Gasteiger partial charge in [0.25, 0.3) is 11.5 Å². The van der Waals surface area contributed by atoms with Crippen molar-refractivity contribution in [3.8, 4) is 17.2 Å². The molecular weight excluding hydrogens is 614 g/mol. The third kappa shape index (κ3) is 4.55. The first-order chi connectivity index (χ1) is 19.7. The van der Waals surface area contributed by atoms with E-state index in [1.165, 1.54) is 25.9 Å². The molecule has 2 aromatic carbocycles. The number of fused-ring (bicyclic) bond motifs is 2. The molecule has 2 aliphatic rings. The second-order valence-corrected chi connectivity index (χ2v) is 11.1. The van der Waals surface area contributed by atoms with Crippen LogP contribution in [0.2, 0.25) is 0 Å². The number of allylic oxidation sites excluding steroid dienone is 1. The number of anilines is 1. The number of thiazole rings is 1. The molecule has 5 rings (SSSR count). The van der Waals surface area contributed by atoms with Gasteiger partial charge in [-0.25, -0.2) is 9.79 Å². The molecule has 12 heteroatoms. The van der Waals surface area contributed by atoms with Gasteiger partial charge in [-0.1, -0.05) is 27.3 Å². The lowest BCUT2D eigenvalue weighted by Crippen LogP contribution is -2.41. The van der Waals surface area contributed by atoms with Crippen molar-refractivity contribution < 1.29 is 28.5 Å². The van der Waals surface area contributed by atoms with Crippen molar-refractivity contribution in [3.63, 3.8) is 0 Å². The van der Waals surface area contributed by atoms with Crippen molar-refractivity contribution in [1.82, 2.24) is 4.57 Å². The molecular formula is C29H28BrN3O7S. The van der Waals surface area contributed by atoms with Gasteiger partial charge in [0.2, 0.25) is 5.75 Å². The van der Waals surface area contributed by atoms with Crippen molar-refractivity contribution in [2.75, 3.05) is 39.4 Å². The molecule has 1 amide bonds. The van der Waals surface area contributed by atoms with Crippen molar-refractivity contribution in [3.05, 3.63) is 76.9 Å².